The number of hydrogen-bond donors (Lipinski definition) is 4. The Kier molecular flexibility index (Phi) is 2.59. The van der Waals surface area contributed by atoms with Crippen LogP contribution in [0.4, 0.5) is 5.69 Å². The van der Waals surface area contributed by atoms with Crippen LogP contribution in [0.25, 0.3) is 0 Å². The summed E-state index contributed by atoms with van der Waals surface area (Å²) in [5, 5.41) is 18.3. The zero-order valence-electron chi connectivity index (χ0n) is 8.23. The zero-order valence-corrected chi connectivity index (χ0v) is 8.23. The second-order valence-electron chi connectivity index (χ2n) is 3.82. The first kappa shape index (κ1) is 9.97. The average Bonchev–Trinajstić information content (AvgIpc) is 2.98. The molecule has 15 heavy (non-hydrogen) atoms. The number of amides is 1. The second kappa shape index (κ2) is 3.90. The van der Waals surface area contributed by atoms with Crippen molar-refractivity contribution < 1.29 is 9.90 Å². The highest BCUT2D eigenvalue weighted by molar-refractivity contribution is 5.96. The summed E-state index contributed by atoms with van der Waals surface area (Å²) in [5.74, 6) is 0.0223. The minimum absolute atomic E-state index is 0.248. The van der Waals surface area contributed by atoms with E-state index in [0.29, 0.717) is 11.6 Å². The maximum Gasteiger partial charge on any atom is 0.271 e. The first-order chi connectivity index (χ1) is 7.18. The van der Waals surface area contributed by atoms with Gasteiger partial charge in [0.15, 0.2) is 0 Å². The number of carbonyl (C=O) groups is 1. The Labute approximate surface area is 86.9 Å². The number of nitrogen functional groups attached to an aromatic ring is 1. The predicted molar refractivity (Wildman–Crippen MR) is 54.1 cm³/mol. The average molecular weight is 210 g/mol. The summed E-state index contributed by atoms with van der Waals surface area (Å²) in [6.45, 7) is 0.266. The molecule has 1 aliphatic rings. The van der Waals surface area contributed by atoms with Crippen LogP contribution in [0.1, 0.15) is 23.3 Å². The van der Waals surface area contributed by atoms with Gasteiger partial charge in [0.2, 0.25) is 0 Å². The molecule has 1 aromatic rings. The fraction of sp³-hybridized carbons (Fsp3) is 0.556. The van der Waals surface area contributed by atoms with Crippen LogP contribution in [0.5, 0.6) is 0 Å². The summed E-state index contributed by atoms with van der Waals surface area (Å²) in [5.41, 5.74) is 6.06. The van der Waals surface area contributed by atoms with Crippen molar-refractivity contribution in [3.05, 3.63) is 11.9 Å². The van der Waals surface area contributed by atoms with E-state index in [1.165, 1.54) is 6.20 Å². The number of rotatable bonds is 4. The van der Waals surface area contributed by atoms with Crippen molar-refractivity contribution in [1.82, 2.24) is 15.5 Å². The number of H-pyrrole nitrogens is 1. The molecule has 0 aromatic carbocycles. The zero-order chi connectivity index (χ0) is 10.8. The molecule has 0 bridgehead atoms. The fourth-order valence-corrected chi connectivity index (χ4v) is 1.41. The lowest BCUT2D eigenvalue weighted by molar-refractivity contribution is 0.0897. The van der Waals surface area contributed by atoms with Gasteiger partial charge in [0.25, 0.3) is 5.91 Å². The topological polar surface area (TPSA) is 104 Å². The van der Waals surface area contributed by atoms with Gasteiger partial charge in [0.1, 0.15) is 5.69 Å². The number of carbonyl (C=O) groups excluding carboxylic acids is 1. The molecular weight excluding hydrogens is 196 g/mol. The molecule has 5 N–H and O–H groups in total. The van der Waals surface area contributed by atoms with Crippen LogP contribution in [0, 0.1) is 5.92 Å². The Morgan fingerprint density at radius 1 is 1.80 bits per heavy atom. The van der Waals surface area contributed by atoms with Gasteiger partial charge < -0.3 is 16.2 Å². The Bertz CT molecular complexity index is 359. The molecule has 0 saturated heterocycles. The number of aliphatic hydroxyl groups is 1. The number of aromatic amines is 1. The lowest BCUT2D eigenvalue weighted by atomic mass is 10.2. The van der Waals surface area contributed by atoms with Gasteiger partial charge in [-0.3, -0.25) is 9.89 Å². The molecule has 1 fully saturated rings. The van der Waals surface area contributed by atoms with Crippen molar-refractivity contribution >= 4 is 11.6 Å². The number of aromatic nitrogens is 2. The lowest BCUT2D eigenvalue weighted by Gasteiger charge is -2.09. The van der Waals surface area contributed by atoms with Crippen LogP contribution in [0.3, 0.4) is 0 Å². The predicted octanol–water partition coefficient (Wildman–Crippen LogP) is -0.507. The third kappa shape index (κ3) is 2.27. The Morgan fingerprint density at radius 2 is 2.53 bits per heavy atom. The van der Waals surface area contributed by atoms with E-state index in [1.807, 2.05) is 0 Å². The SMILES string of the molecule is Nc1cn[nH]c1C(=O)NCC(O)C1CC1. The molecule has 1 amide bonds. The van der Waals surface area contributed by atoms with Gasteiger partial charge in [-0.2, -0.15) is 5.10 Å². The van der Waals surface area contributed by atoms with Crippen LogP contribution in [0.15, 0.2) is 6.20 Å². The maximum atomic E-state index is 11.5. The largest absolute Gasteiger partial charge is 0.396 e. The van der Waals surface area contributed by atoms with Crippen LogP contribution in [-0.4, -0.2) is 33.9 Å². The number of hydrogen-bond acceptors (Lipinski definition) is 4. The Morgan fingerprint density at radius 3 is 3.07 bits per heavy atom. The van der Waals surface area contributed by atoms with Crippen LogP contribution < -0.4 is 11.1 Å². The summed E-state index contributed by atoms with van der Waals surface area (Å²) < 4.78 is 0. The van der Waals surface area contributed by atoms with Crippen molar-refractivity contribution in [2.75, 3.05) is 12.3 Å². The van der Waals surface area contributed by atoms with Gasteiger partial charge in [0, 0.05) is 6.54 Å². The summed E-state index contributed by atoms with van der Waals surface area (Å²) in [7, 11) is 0. The normalized spacial score (nSPS) is 17.4. The van der Waals surface area contributed by atoms with E-state index in [-0.39, 0.29) is 18.1 Å². The maximum absolute atomic E-state index is 11.5. The number of aliphatic hydroxyl groups excluding tert-OH is 1. The molecule has 1 aromatic heterocycles. The highest BCUT2D eigenvalue weighted by atomic mass is 16.3. The minimum Gasteiger partial charge on any atom is -0.396 e. The minimum atomic E-state index is -0.446. The second-order valence-corrected chi connectivity index (χ2v) is 3.82. The highest BCUT2D eigenvalue weighted by Gasteiger charge is 2.29. The van der Waals surface area contributed by atoms with E-state index in [9.17, 15) is 9.90 Å². The van der Waals surface area contributed by atoms with E-state index < -0.39 is 6.10 Å². The smallest absolute Gasteiger partial charge is 0.271 e. The van der Waals surface area contributed by atoms with E-state index >= 15 is 0 Å². The molecule has 2 rings (SSSR count). The number of anilines is 1. The van der Waals surface area contributed by atoms with Gasteiger partial charge in [-0.15, -0.1) is 0 Å². The molecule has 1 saturated carbocycles. The van der Waals surface area contributed by atoms with Crippen LogP contribution in [0.2, 0.25) is 0 Å². The van der Waals surface area contributed by atoms with E-state index in [1.54, 1.807) is 0 Å². The van der Waals surface area contributed by atoms with Crippen molar-refractivity contribution in [2.24, 2.45) is 5.92 Å². The quantitative estimate of drug-likeness (QED) is 0.537. The fourth-order valence-electron chi connectivity index (χ4n) is 1.41. The summed E-state index contributed by atoms with van der Waals surface area (Å²) in [4.78, 5) is 11.5. The molecule has 82 valence electrons. The van der Waals surface area contributed by atoms with Gasteiger partial charge >= 0.3 is 0 Å². The lowest BCUT2D eigenvalue weighted by Crippen LogP contribution is -2.33. The van der Waals surface area contributed by atoms with Gasteiger partial charge in [-0.25, -0.2) is 0 Å². The third-order valence-corrected chi connectivity index (χ3v) is 2.53. The van der Waals surface area contributed by atoms with Gasteiger partial charge in [-0.1, -0.05) is 0 Å². The van der Waals surface area contributed by atoms with Crippen molar-refractivity contribution in [3.63, 3.8) is 0 Å². The number of nitrogens with zero attached hydrogens (tertiary/aromatic N) is 1. The Balaban J connectivity index is 1.84. The summed E-state index contributed by atoms with van der Waals surface area (Å²) >= 11 is 0. The molecule has 1 aliphatic carbocycles. The molecule has 1 unspecified atom stereocenters. The molecular formula is C9H14N4O2. The standard InChI is InChI=1S/C9H14N4O2/c10-6-3-12-13-8(6)9(15)11-4-7(14)5-1-2-5/h3,5,7,14H,1-2,4,10H2,(H,11,15)(H,12,13). The number of nitrogens with one attached hydrogen (secondary N) is 2. The van der Waals surface area contributed by atoms with Gasteiger partial charge in [-0.05, 0) is 18.8 Å². The molecule has 0 spiro atoms. The summed E-state index contributed by atoms with van der Waals surface area (Å²) in [6.07, 6.45) is 3.02. The number of nitrogens with two attached hydrogens (primary N) is 1. The first-order valence-electron chi connectivity index (χ1n) is 4.93. The molecule has 0 aliphatic heterocycles. The Hall–Kier alpha value is -1.56. The van der Waals surface area contributed by atoms with Crippen molar-refractivity contribution in [3.8, 4) is 0 Å². The van der Waals surface area contributed by atoms with E-state index in [4.69, 9.17) is 5.73 Å². The summed E-state index contributed by atoms with van der Waals surface area (Å²) in [6, 6.07) is 0. The van der Waals surface area contributed by atoms with Crippen LogP contribution >= 0.6 is 0 Å². The van der Waals surface area contributed by atoms with Crippen molar-refractivity contribution in [1.29, 1.82) is 0 Å². The van der Waals surface area contributed by atoms with Crippen molar-refractivity contribution in [2.45, 2.75) is 18.9 Å². The van der Waals surface area contributed by atoms with Gasteiger partial charge in [0.05, 0.1) is 18.0 Å². The van der Waals surface area contributed by atoms with E-state index in [2.05, 4.69) is 15.5 Å². The molecule has 6 heteroatoms. The third-order valence-electron chi connectivity index (χ3n) is 2.53. The molecule has 0 radical (unpaired) electrons. The van der Waals surface area contributed by atoms with E-state index in [0.717, 1.165) is 12.8 Å². The molecule has 6 nitrogen and oxygen atoms in total. The monoisotopic (exact) mass is 210 g/mol. The van der Waals surface area contributed by atoms with Crippen LogP contribution in [-0.2, 0) is 0 Å². The molecule has 1 heterocycles. The highest BCUT2D eigenvalue weighted by Crippen LogP contribution is 2.32. The molecule has 1 atom stereocenters. The first-order valence-corrected chi connectivity index (χ1v) is 4.93.